The van der Waals surface area contributed by atoms with Gasteiger partial charge in [0.1, 0.15) is 0 Å². The maximum atomic E-state index is 10.7. The van der Waals surface area contributed by atoms with E-state index in [1.54, 1.807) is 4.90 Å². The van der Waals surface area contributed by atoms with Crippen LogP contribution in [0.4, 0.5) is 0 Å². The van der Waals surface area contributed by atoms with Gasteiger partial charge in [0.15, 0.2) is 0 Å². The Morgan fingerprint density at radius 1 is 1.21 bits per heavy atom. The molecule has 1 unspecified atom stereocenters. The number of rotatable bonds is 7. The third-order valence-electron chi connectivity index (χ3n) is 1.98. The maximum Gasteiger partial charge on any atom is 0.231 e. The summed E-state index contributed by atoms with van der Waals surface area (Å²) in [4.78, 5) is 23.0. The largest absolute Gasteiger partial charge is 0.369 e. The molecule has 6 N–H and O–H groups in total. The average Bonchev–Trinajstić information content (AvgIpc) is 2.03. The number of carbonyl (C=O) groups excluding carboxylic acids is 2. The number of carbonyl (C=O) groups is 2. The van der Waals surface area contributed by atoms with Crippen molar-refractivity contribution in [1.82, 2.24) is 4.90 Å². The predicted octanol–water partition coefficient (Wildman–Crippen LogP) is -2.00. The molecule has 0 aliphatic rings. The highest BCUT2D eigenvalue weighted by Crippen LogP contribution is 2.01. The van der Waals surface area contributed by atoms with Gasteiger partial charge in [0.25, 0.3) is 0 Å². The van der Waals surface area contributed by atoms with Gasteiger partial charge >= 0.3 is 0 Å². The molecule has 0 aromatic carbocycles. The molecule has 0 aromatic rings. The van der Waals surface area contributed by atoms with Gasteiger partial charge in [0, 0.05) is 12.6 Å². The van der Waals surface area contributed by atoms with E-state index < -0.39 is 11.8 Å². The zero-order valence-corrected chi connectivity index (χ0v) is 8.40. The van der Waals surface area contributed by atoms with Gasteiger partial charge in [-0.25, -0.2) is 0 Å². The van der Waals surface area contributed by atoms with Crippen LogP contribution in [0.1, 0.15) is 13.3 Å². The number of nitrogens with zero attached hydrogens (tertiary/aromatic N) is 1. The first kappa shape index (κ1) is 12.9. The second-order valence-corrected chi connectivity index (χ2v) is 3.14. The molecule has 1 atom stereocenters. The first-order chi connectivity index (χ1) is 6.51. The standard InChI is InChI=1S/C8H18N4O2/c1-2-6(3-9)12(4-7(10)13)5-8(11)14/h6H,2-5,9H2,1H3,(H2,10,13)(H2,11,14). The minimum absolute atomic E-state index is 0.0125. The van der Waals surface area contributed by atoms with E-state index in [1.807, 2.05) is 6.92 Å². The molecule has 0 saturated heterocycles. The minimum Gasteiger partial charge on any atom is -0.369 e. The fraction of sp³-hybridized carbons (Fsp3) is 0.750. The molecule has 0 spiro atoms. The van der Waals surface area contributed by atoms with E-state index in [2.05, 4.69) is 0 Å². The molecule has 0 saturated carbocycles. The summed E-state index contributed by atoms with van der Waals surface area (Å²) < 4.78 is 0. The third kappa shape index (κ3) is 4.78. The molecule has 6 heteroatoms. The normalized spacial score (nSPS) is 12.8. The molecule has 6 nitrogen and oxygen atoms in total. The third-order valence-corrected chi connectivity index (χ3v) is 1.98. The molecule has 14 heavy (non-hydrogen) atoms. The van der Waals surface area contributed by atoms with E-state index >= 15 is 0 Å². The summed E-state index contributed by atoms with van der Waals surface area (Å²) in [5.74, 6) is -0.976. The Bertz CT molecular complexity index is 188. The topological polar surface area (TPSA) is 115 Å². The van der Waals surface area contributed by atoms with Crippen molar-refractivity contribution in [2.45, 2.75) is 19.4 Å². The summed E-state index contributed by atoms with van der Waals surface area (Å²) in [6, 6.07) is -0.0324. The number of hydrogen-bond acceptors (Lipinski definition) is 4. The molecule has 0 aliphatic heterocycles. The van der Waals surface area contributed by atoms with Crippen LogP contribution < -0.4 is 17.2 Å². The van der Waals surface area contributed by atoms with Crippen molar-refractivity contribution in [3.8, 4) is 0 Å². The lowest BCUT2D eigenvalue weighted by atomic mass is 10.2. The van der Waals surface area contributed by atoms with Gasteiger partial charge in [0.2, 0.25) is 11.8 Å². The SMILES string of the molecule is CCC(CN)N(CC(N)=O)CC(N)=O. The van der Waals surface area contributed by atoms with Crippen LogP contribution in [-0.2, 0) is 9.59 Å². The number of hydrogen-bond donors (Lipinski definition) is 3. The van der Waals surface area contributed by atoms with Gasteiger partial charge in [-0.15, -0.1) is 0 Å². The van der Waals surface area contributed by atoms with Crippen LogP contribution in [0, 0.1) is 0 Å². The van der Waals surface area contributed by atoms with Crippen LogP contribution in [0.3, 0.4) is 0 Å². The zero-order valence-electron chi connectivity index (χ0n) is 8.40. The van der Waals surface area contributed by atoms with Crippen molar-refractivity contribution in [2.75, 3.05) is 19.6 Å². The number of amides is 2. The zero-order chi connectivity index (χ0) is 11.1. The second-order valence-electron chi connectivity index (χ2n) is 3.14. The number of primary amides is 2. The van der Waals surface area contributed by atoms with Crippen LogP contribution in [0.5, 0.6) is 0 Å². The second kappa shape index (κ2) is 6.33. The van der Waals surface area contributed by atoms with Crippen molar-refractivity contribution in [2.24, 2.45) is 17.2 Å². The molecule has 2 amide bonds. The van der Waals surface area contributed by atoms with Gasteiger partial charge in [0.05, 0.1) is 13.1 Å². The first-order valence-electron chi connectivity index (χ1n) is 4.52. The monoisotopic (exact) mass is 202 g/mol. The van der Waals surface area contributed by atoms with Crippen molar-refractivity contribution >= 4 is 11.8 Å². The average molecular weight is 202 g/mol. The molecule has 0 radical (unpaired) electrons. The van der Waals surface area contributed by atoms with Crippen LogP contribution in [-0.4, -0.2) is 42.4 Å². The van der Waals surface area contributed by atoms with Gasteiger partial charge in [-0.3, -0.25) is 14.5 Å². The Morgan fingerprint density at radius 3 is 1.86 bits per heavy atom. The Kier molecular flexibility index (Phi) is 5.82. The van der Waals surface area contributed by atoms with Gasteiger partial charge in [-0.2, -0.15) is 0 Å². The van der Waals surface area contributed by atoms with E-state index in [0.717, 1.165) is 6.42 Å². The Balaban J connectivity index is 4.35. The van der Waals surface area contributed by atoms with Crippen LogP contribution >= 0.6 is 0 Å². The molecule has 0 heterocycles. The van der Waals surface area contributed by atoms with Crippen LogP contribution in [0.25, 0.3) is 0 Å². The summed E-state index contributed by atoms with van der Waals surface area (Å²) in [5, 5.41) is 0. The molecular formula is C8H18N4O2. The summed E-state index contributed by atoms with van der Waals surface area (Å²) in [7, 11) is 0. The molecule has 0 aliphatic carbocycles. The molecule has 82 valence electrons. The van der Waals surface area contributed by atoms with Crippen molar-refractivity contribution in [1.29, 1.82) is 0 Å². The summed E-state index contributed by atoms with van der Waals surface area (Å²) in [6.45, 7) is 2.32. The molecule has 0 rings (SSSR count). The molecular weight excluding hydrogens is 184 g/mol. The Hall–Kier alpha value is -1.14. The van der Waals surface area contributed by atoms with Crippen molar-refractivity contribution in [3.05, 3.63) is 0 Å². The van der Waals surface area contributed by atoms with Crippen LogP contribution in [0.15, 0.2) is 0 Å². The smallest absolute Gasteiger partial charge is 0.231 e. The fourth-order valence-electron chi connectivity index (χ4n) is 1.29. The van der Waals surface area contributed by atoms with Crippen molar-refractivity contribution in [3.63, 3.8) is 0 Å². The lowest BCUT2D eigenvalue weighted by Gasteiger charge is -2.27. The maximum absolute atomic E-state index is 10.7. The first-order valence-corrected chi connectivity index (χ1v) is 4.52. The predicted molar refractivity (Wildman–Crippen MR) is 53.1 cm³/mol. The highest BCUT2D eigenvalue weighted by Gasteiger charge is 2.18. The summed E-state index contributed by atoms with van der Waals surface area (Å²) in [6.07, 6.45) is 0.747. The lowest BCUT2D eigenvalue weighted by molar-refractivity contribution is -0.122. The highest BCUT2D eigenvalue weighted by molar-refractivity contribution is 5.79. The van der Waals surface area contributed by atoms with E-state index in [1.165, 1.54) is 0 Å². The van der Waals surface area contributed by atoms with E-state index in [0.29, 0.717) is 6.54 Å². The highest BCUT2D eigenvalue weighted by atomic mass is 16.2. The van der Waals surface area contributed by atoms with E-state index in [-0.39, 0.29) is 19.1 Å². The summed E-state index contributed by atoms with van der Waals surface area (Å²) >= 11 is 0. The van der Waals surface area contributed by atoms with E-state index in [4.69, 9.17) is 17.2 Å². The molecule has 0 bridgehead atoms. The van der Waals surface area contributed by atoms with Crippen molar-refractivity contribution < 1.29 is 9.59 Å². The molecule has 0 fully saturated rings. The number of nitrogens with two attached hydrogens (primary N) is 3. The van der Waals surface area contributed by atoms with E-state index in [9.17, 15) is 9.59 Å². The van der Waals surface area contributed by atoms with Crippen LogP contribution in [0.2, 0.25) is 0 Å². The van der Waals surface area contributed by atoms with Gasteiger partial charge in [-0.1, -0.05) is 6.92 Å². The minimum atomic E-state index is -0.488. The quantitative estimate of drug-likeness (QED) is 0.442. The Labute approximate surface area is 83.4 Å². The van der Waals surface area contributed by atoms with Gasteiger partial charge < -0.3 is 17.2 Å². The molecule has 0 aromatic heterocycles. The lowest BCUT2D eigenvalue weighted by Crippen LogP contribution is -2.48. The van der Waals surface area contributed by atoms with Gasteiger partial charge in [-0.05, 0) is 6.42 Å². The summed E-state index contributed by atoms with van der Waals surface area (Å²) in [5.41, 5.74) is 15.6. The fourth-order valence-corrected chi connectivity index (χ4v) is 1.29. The Morgan fingerprint density at radius 2 is 1.64 bits per heavy atom.